The Balaban J connectivity index is 1.79. The highest BCUT2D eigenvalue weighted by Gasteiger charge is 2.22. The van der Waals surface area contributed by atoms with E-state index in [0.717, 1.165) is 5.56 Å². The molecule has 10 heteroatoms. The highest BCUT2D eigenvalue weighted by molar-refractivity contribution is 7.92. The largest absolute Gasteiger partial charge is 0.326 e. The molecule has 0 fully saturated rings. The maximum absolute atomic E-state index is 12.4. The van der Waals surface area contributed by atoms with Crippen LogP contribution in [-0.2, 0) is 31.3 Å². The van der Waals surface area contributed by atoms with Gasteiger partial charge in [0.1, 0.15) is 0 Å². The molecule has 2 aromatic carbocycles. The number of rotatable bonds is 5. The summed E-state index contributed by atoms with van der Waals surface area (Å²) < 4.78 is 49.2. The molecule has 1 heterocycles. The number of fused-ring (bicyclic) bond motifs is 1. The highest BCUT2D eigenvalue weighted by atomic mass is 32.2. The van der Waals surface area contributed by atoms with Gasteiger partial charge in [-0.3, -0.25) is 4.79 Å². The fourth-order valence-corrected chi connectivity index (χ4v) is 4.62. The van der Waals surface area contributed by atoms with Crippen molar-refractivity contribution in [2.75, 3.05) is 5.32 Å². The van der Waals surface area contributed by atoms with Gasteiger partial charge < -0.3 is 5.32 Å². The summed E-state index contributed by atoms with van der Waals surface area (Å²) in [6.45, 7) is 1.81. The number of amides is 1. The van der Waals surface area contributed by atoms with Crippen LogP contribution in [0.3, 0.4) is 0 Å². The summed E-state index contributed by atoms with van der Waals surface area (Å²) in [5.74, 6) is -0.128. The van der Waals surface area contributed by atoms with Crippen LogP contribution < -0.4 is 15.0 Å². The van der Waals surface area contributed by atoms with E-state index in [-0.39, 0.29) is 22.1 Å². The van der Waals surface area contributed by atoms with Gasteiger partial charge in [0.25, 0.3) is 20.0 Å². The number of hydrogen-bond acceptors (Lipinski definition) is 5. The molecule has 0 aliphatic carbocycles. The molecular formula is C16H17N3O5S2. The Morgan fingerprint density at radius 3 is 2.08 bits per heavy atom. The number of carbonyl (C=O) groups is 1. The van der Waals surface area contributed by atoms with Gasteiger partial charge in [-0.2, -0.15) is 0 Å². The Morgan fingerprint density at radius 2 is 1.42 bits per heavy atom. The first-order valence-electron chi connectivity index (χ1n) is 7.70. The first kappa shape index (κ1) is 18.5. The molecule has 0 unspecified atom stereocenters. The molecule has 0 saturated heterocycles. The number of aryl methyl sites for hydroxylation is 2. The summed E-state index contributed by atoms with van der Waals surface area (Å²) in [6, 6.07) is 10.2. The number of carbonyl (C=O) groups excluding carboxylic acids is 1. The van der Waals surface area contributed by atoms with Gasteiger partial charge in [0.05, 0.1) is 9.79 Å². The average Bonchev–Trinajstić information content (AvgIpc) is 2.60. The predicted molar refractivity (Wildman–Crippen MR) is 95.2 cm³/mol. The summed E-state index contributed by atoms with van der Waals surface area (Å²) in [7, 11) is -8.15. The summed E-state index contributed by atoms with van der Waals surface area (Å²) in [5, 5.41) is 2.66. The number of sulfonamides is 2. The van der Waals surface area contributed by atoms with Crippen LogP contribution in [0.1, 0.15) is 17.5 Å². The zero-order chi connectivity index (χ0) is 18.9. The summed E-state index contributed by atoms with van der Waals surface area (Å²) in [6.07, 6.45) is 0.684. The molecule has 0 bridgehead atoms. The molecule has 0 radical (unpaired) electrons. The molecule has 3 N–H and O–H groups in total. The van der Waals surface area contributed by atoms with E-state index in [4.69, 9.17) is 0 Å². The standard InChI is InChI=1S/C16H17N3O5S2/c1-11-2-5-13(6-3-11)25(21,22)18-19-26(23,24)14-7-8-15-12(10-14)4-9-16(20)17-15/h2-3,5-8,10,18-19H,4,9H2,1H3,(H,17,20). The highest BCUT2D eigenvalue weighted by Crippen LogP contribution is 2.25. The van der Waals surface area contributed by atoms with Crippen LogP contribution in [0.15, 0.2) is 52.3 Å². The van der Waals surface area contributed by atoms with Crippen LogP contribution >= 0.6 is 0 Å². The van der Waals surface area contributed by atoms with Gasteiger partial charge in [0, 0.05) is 12.1 Å². The Bertz CT molecular complexity index is 1060. The van der Waals surface area contributed by atoms with Gasteiger partial charge in [-0.25, -0.2) is 16.8 Å². The fourth-order valence-electron chi connectivity index (χ4n) is 2.47. The molecule has 1 aliphatic heterocycles. The lowest BCUT2D eigenvalue weighted by Gasteiger charge is -2.17. The Kier molecular flexibility index (Phi) is 4.84. The van der Waals surface area contributed by atoms with Crippen molar-refractivity contribution < 1.29 is 21.6 Å². The van der Waals surface area contributed by atoms with E-state index in [9.17, 15) is 21.6 Å². The van der Waals surface area contributed by atoms with Gasteiger partial charge in [-0.05, 0) is 49.2 Å². The minimum absolute atomic E-state index is 0.0565. The van der Waals surface area contributed by atoms with E-state index in [1.165, 1.54) is 30.3 Å². The molecule has 3 rings (SSSR count). The van der Waals surface area contributed by atoms with Crippen molar-refractivity contribution in [3.05, 3.63) is 53.6 Å². The number of hydrogen-bond donors (Lipinski definition) is 3. The van der Waals surface area contributed by atoms with Crippen LogP contribution in [0, 0.1) is 6.92 Å². The maximum atomic E-state index is 12.4. The second kappa shape index (κ2) is 6.80. The molecule has 0 atom stereocenters. The third kappa shape index (κ3) is 3.93. The summed E-state index contributed by atoms with van der Waals surface area (Å²) >= 11 is 0. The van der Waals surface area contributed by atoms with Gasteiger partial charge in [0.2, 0.25) is 5.91 Å². The lowest BCUT2D eigenvalue weighted by atomic mass is 10.0. The van der Waals surface area contributed by atoms with Crippen molar-refractivity contribution in [2.45, 2.75) is 29.6 Å². The zero-order valence-electron chi connectivity index (χ0n) is 13.8. The van der Waals surface area contributed by atoms with E-state index in [1.54, 1.807) is 12.1 Å². The van der Waals surface area contributed by atoms with E-state index >= 15 is 0 Å². The lowest BCUT2D eigenvalue weighted by molar-refractivity contribution is -0.116. The van der Waals surface area contributed by atoms with E-state index in [2.05, 4.69) is 5.32 Å². The van der Waals surface area contributed by atoms with Crippen LogP contribution in [0.5, 0.6) is 0 Å². The van der Waals surface area contributed by atoms with Gasteiger partial charge in [-0.15, -0.1) is 9.66 Å². The van der Waals surface area contributed by atoms with E-state index in [1.807, 2.05) is 16.6 Å². The third-order valence-corrected chi connectivity index (χ3v) is 6.56. The fraction of sp³-hybridized carbons (Fsp3) is 0.188. The zero-order valence-corrected chi connectivity index (χ0v) is 15.4. The van der Waals surface area contributed by atoms with E-state index in [0.29, 0.717) is 17.7 Å². The minimum atomic E-state index is -4.11. The van der Waals surface area contributed by atoms with Crippen LogP contribution in [-0.4, -0.2) is 22.7 Å². The smallest absolute Gasteiger partial charge is 0.254 e. The van der Waals surface area contributed by atoms with Crippen molar-refractivity contribution in [3.63, 3.8) is 0 Å². The number of anilines is 1. The monoisotopic (exact) mass is 395 g/mol. The second-order valence-electron chi connectivity index (χ2n) is 5.89. The topological polar surface area (TPSA) is 121 Å². The van der Waals surface area contributed by atoms with Crippen molar-refractivity contribution in [1.82, 2.24) is 9.66 Å². The quantitative estimate of drug-likeness (QED) is 0.654. The van der Waals surface area contributed by atoms with Crippen LogP contribution in [0.25, 0.3) is 0 Å². The van der Waals surface area contributed by atoms with Gasteiger partial charge >= 0.3 is 0 Å². The van der Waals surface area contributed by atoms with Crippen molar-refractivity contribution >= 4 is 31.6 Å². The van der Waals surface area contributed by atoms with Crippen molar-refractivity contribution in [3.8, 4) is 0 Å². The molecule has 0 aromatic heterocycles. The predicted octanol–water partition coefficient (Wildman–Crippen LogP) is 1.05. The van der Waals surface area contributed by atoms with Gasteiger partial charge in [0.15, 0.2) is 0 Å². The summed E-state index contributed by atoms with van der Waals surface area (Å²) in [5.41, 5.74) is 2.11. The van der Waals surface area contributed by atoms with E-state index < -0.39 is 20.0 Å². The molecular weight excluding hydrogens is 378 g/mol. The molecule has 26 heavy (non-hydrogen) atoms. The Morgan fingerprint density at radius 1 is 0.846 bits per heavy atom. The molecule has 8 nitrogen and oxygen atoms in total. The minimum Gasteiger partial charge on any atom is -0.326 e. The Labute approximate surface area is 151 Å². The molecule has 1 aliphatic rings. The van der Waals surface area contributed by atoms with Gasteiger partial charge in [-0.1, -0.05) is 17.7 Å². The first-order chi connectivity index (χ1) is 12.2. The SMILES string of the molecule is Cc1ccc(S(=O)(=O)NNS(=O)(=O)c2ccc3c(c2)CCC(=O)N3)cc1. The molecule has 0 spiro atoms. The first-order valence-corrected chi connectivity index (χ1v) is 10.7. The molecule has 2 aromatic rings. The summed E-state index contributed by atoms with van der Waals surface area (Å²) in [4.78, 5) is 15.0. The lowest BCUT2D eigenvalue weighted by Crippen LogP contribution is -2.41. The van der Waals surface area contributed by atoms with Crippen LogP contribution in [0.4, 0.5) is 5.69 Å². The maximum Gasteiger partial charge on any atom is 0.254 e. The normalized spacial score (nSPS) is 14.6. The number of hydrazine groups is 1. The number of nitrogens with one attached hydrogen (secondary N) is 3. The third-order valence-electron chi connectivity index (χ3n) is 3.92. The molecule has 0 saturated carbocycles. The molecule has 138 valence electrons. The second-order valence-corrected chi connectivity index (χ2v) is 9.26. The average molecular weight is 395 g/mol. The Hall–Kier alpha value is -2.27. The molecule has 1 amide bonds. The number of benzene rings is 2. The van der Waals surface area contributed by atoms with Crippen LogP contribution in [0.2, 0.25) is 0 Å². The van der Waals surface area contributed by atoms with Crippen molar-refractivity contribution in [2.24, 2.45) is 0 Å². The van der Waals surface area contributed by atoms with Crippen molar-refractivity contribution in [1.29, 1.82) is 0 Å².